The van der Waals surface area contributed by atoms with Gasteiger partial charge in [0.05, 0.1) is 0 Å². The maximum atomic E-state index is 11.2. The van der Waals surface area contributed by atoms with Gasteiger partial charge in [-0.05, 0) is 52.7 Å². The summed E-state index contributed by atoms with van der Waals surface area (Å²) in [5.74, 6) is -0.848. The molecule has 1 rings (SSSR count). The van der Waals surface area contributed by atoms with Gasteiger partial charge >= 0.3 is 5.97 Å². The molecule has 0 aliphatic rings. The van der Waals surface area contributed by atoms with Gasteiger partial charge in [0.1, 0.15) is 5.69 Å². The summed E-state index contributed by atoms with van der Waals surface area (Å²) in [4.78, 5) is 11.2. The van der Waals surface area contributed by atoms with Crippen LogP contribution >= 0.6 is 0 Å². The molecule has 15 heavy (non-hydrogen) atoms. The van der Waals surface area contributed by atoms with Gasteiger partial charge in [-0.25, -0.2) is 4.79 Å². The zero-order chi connectivity index (χ0) is 12.0. The Hall–Kier alpha value is -1.25. The summed E-state index contributed by atoms with van der Waals surface area (Å²) in [6, 6.07) is 0. The molecule has 1 aromatic rings. The Balaban J connectivity index is 3.63. The predicted octanol–water partition coefficient (Wildman–Crippen LogP) is 2.87. The third-order valence-electron chi connectivity index (χ3n) is 2.89. The normalized spacial score (nSPS) is 11.9. The van der Waals surface area contributed by atoms with E-state index in [9.17, 15) is 9.90 Å². The van der Waals surface area contributed by atoms with E-state index < -0.39 is 5.97 Å². The Morgan fingerprint density at radius 3 is 1.87 bits per heavy atom. The molecule has 0 radical (unpaired) electrons. The van der Waals surface area contributed by atoms with Gasteiger partial charge in [-0.15, -0.1) is 0 Å². The molecule has 0 unspecified atom stereocenters. The smallest absolute Gasteiger partial charge is 0.352 e. The molecule has 0 aromatic carbocycles. The first-order valence-corrected chi connectivity index (χ1v) is 5.10. The topological polar surface area (TPSA) is 42.2 Å². The summed E-state index contributed by atoms with van der Waals surface area (Å²) in [7, 11) is 0. The van der Waals surface area contributed by atoms with Crippen LogP contribution in [-0.4, -0.2) is 15.6 Å². The second kappa shape index (κ2) is 3.40. The van der Waals surface area contributed by atoms with E-state index in [4.69, 9.17) is 0 Å². The Kier molecular flexibility index (Phi) is 2.68. The van der Waals surface area contributed by atoms with E-state index in [1.54, 1.807) is 0 Å². The fraction of sp³-hybridized carbons (Fsp3) is 0.583. The third kappa shape index (κ3) is 1.78. The van der Waals surface area contributed by atoms with E-state index in [1.165, 1.54) is 0 Å². The first-order valence-electron chi connectivity index (χ1n) is 5.10. The lowest BCUT2D eigenvalue weighted by atomic mass is 10.1. The van der Waals surface area contributed by atoms with Gasteiger partial charge in [-0.3, -0.25) is 0 Å². The fourth-order valence-corrected chi connectivity index (χ4v) is 2.05. The van der Waals surface area contributed by atoms with Crippen LogP contribution in [0.25, 0.3) is 0 Å². The lowest BCUT2D eigenvalue weighted by Gasteiger charge is -2.25. The SMILES string of the molecule is Cc1c(C)c(C(=O)O)n(C(C)(C)C)c1C. The van der Waals surface area contributed by atoms with Gasteiger partial charge < -0.3 is 9.67 Å². The molecule has 1 aromatic heterocycles. The van der Waals surface area contributed by atoms with Crippen molar-refractivity contribution in [3.05, 3.63) is 22.5 Å². The number of aromatic nitrogens is 1. The Bertz CT molecular complexity index is 408. The first kappa shape index (κ1) is 11.8. The molecular formula is C12H19NO2. The van der Waals surface area contributed by atoms with Gasteiger partial charge in [0.15, 0.2) is 0 Å². The van der Waals surface area contributed by atoms with E-state index in [0.717, 1.165) is 16.8 Å². The molecule has 0 saturated heterocycles. The first-order chi connectivity index (χ1) is 6.68. The van der Waals surface area contributed by atoms with Crippen LogP contribution < -0.4 is 0 Å². The lowest BCUT2D eigenvalue weighted by molar-refractivity contribution is 0.0677. The molecule has 1 N–H and O–H groups in total. The van der Waals surface area contributed by atoms with E-state index >= 15 is 0 Å². The molecule has 0 bridgehead atoms. The van der Waals surface area contributed by atoms with Crippen LogP contribution in [0.15, 0.2) is 0 Å². The van der Waals surface area contributed by atoms with Crippen molar-refractivity contribution in [3.63, 3.8) is 0 Å². The molecule has 0 saturated carbocycles. The third-order valence-corrected chi connectivity index (χ3v) is 2.89. The fourth-order valence-electron chi connectivity index (χ4n) is 2.05. The number of carboxylic acid groups (broad SMARTS) is 1. The maximum absolute atomic E-state index is 11.2. The minimum Gasteiger partial charge on any atom is -0.477 e. The van der Waals surface area contributed by atoms with Crippen molar-refractivity contribution in [2.45, 2.75) is 47.1 Å². The maximum Gasteiger partial charge on any atom is 0.352 e. The van der Waals surface area contributed by atoms with E-state index in [-0.39, 0.29) is 5.54 Å². The molecule has 3 nitrogen and oxygen atoms in total. The van der Waals surface area contributed by atoms with Crippen LogP contribution in [0.5, 0.6) is 0 Å². The molecule has 0 aliphatic carbocycles. The quantitative estimate of drug-likeness (QED) is 0.772. The highest BCUT2D eigenvalue weighted by Gasteiger charge is 2.26. The van der Waals surface area contributed by atoms with Gasteiger partial charge in [0.2, 0.25) is 0 Å². The Morgan fingerprint density at radius 1 is 1.13 bits per heavy atom. The van der Waals surface area contributed by atoms with E-state index in [2.05, 4.69) is 0 Å². The number of hydrogen-bond acceptors (Lipinski definition) is 1. The minimum absolute atomic E-state index is 0.198. The van der Waals surface area contributed by atoms with Crippen LogP contribution in [0.2, 0.25) is 0 Å². The molecule has 0 amide bonds. The average Bonchev–Trinajstić information content (AvgIpc) is 2.28. The van der Waals surface area contributed by atoms with Crippen LogP contribution in [-0.2, 0) is 5.54 Å². The monoisotopic (exact) mass is 209 g/mol. The van der Waals surface area contributed by atoms with Gasteiger partial charge in [0.25, 0.3) is 0 Å². The second-order valence-electron chi connectivity index (χ2n) is 5.00. The van der Waals surface area contributed by atoms with E-state index in [0.29, 0.717) is 5.69 Å². The highest BCUT2D eigenvalue weighted by molar-refractivity contribution is 5.88. The molecule has 0 fully saturated rings. The minimum atomic E-state index is -0.848. The van der Waals surface area contributed by atoms with Crippen LogP contribution in [0.1, 0.15) is 48.1 Å². The van der Waals surface area contributed by atoms with Gasteiger partial charge in [0, 0.05) is 11.2 Å². The van der Waals surface area contributed by atoms with Crippen molar-refractivity contribution in [1.29, 1.82) is 0 Å². The highest BCUT2D eigenvalue weighted by atomic mass is 16.4. The lowest BCUT2D eigenvalue weighted by Crippen LogP contribution is -2.27. The van der Waals surface area contributed by atoms with Crippen molar-refractivity contribution >= 4 is 5.97 Å². The Labute approximate surface area is 90.7 Å². The van der Waals surface area contributed by atoms with Crippen LogP contribution in [0, 0.1) is 20.8 Å². The van der Waals surface area contributed by atoms with Crippen molar-refractivity contribution in [1.82, 2.24) is 4.57 Å². The molecule has 0 aliphatic heterocycles. The molecule has 0 atom stereocenters. The largest absolute Gasteiger partial charge is 0.477 e. The summed E-state index contributed by atoms with van der Waals surface area (Å²) in [6.07, 6.45) is 0. The summed E-state index contributed by atoms with van der Waals surface area (Å²) < 4.78 is 1.90. The molecule has 0 spiro atoms. The molecule has 3 heteroatoms. The van der Waals surface area contributed by atoms with Crippen molar-refractivity contribution in [3.8, 4) is 0 Å². The van der Waals surface area contributed by atoms with Gasteiger partial charge in [-0.1, -0.05) is 0 Å². The van der Waals surface area contributed by atoms with Crippen molar-refractivity contribution < 1.29 is 9.90 Å². The summed E-state index contributed by atoms with van der Waals surface area (Å²) >= 11 is 0. The highest BCUT2D eigenvalue weighted by Crippen LogP contribution is 2.28. The van der Waals surface area contributed by atoms with Crippen LogP contribution in [0.4, 0.5) is 0 Å². The summed E-state index contributed by atoms with van der Waals surface area (Å²) in [5.41, 5.74) is 3.20. The second-order valence-corrected chi connectivity index (χ2v) is 5.00. The standard InChI is InChI=1S/C12H19NO2/c1-7-8(2)10(11(14)15)13(9(7)3)12(4,5)6/h1-6H3,(H,14,15). The number of carbonyl (C=O) groups is 1. The summed E-state index contributed by atoms with van der Waals surface area (Å²) in [5, 5.41) is 9.23. The van der Waals surface area contributed by atoms with E-state index in [1.807, 2.05) is 46.1 Å². The molecule has 1 heterocycles. The van der Waals surface area contributed by atoms with Crippen LogP contribution in [0.3, 0.4) is 0 Å². The predicted molar refractivity (Wildman–Crippen MR) is 60.6 cm³/mol. The number of carboxylic acids is 1. The average molecular weight is 209 g/mol. The molecular weight excluding hydrogens is 190 g/mol. The zero-order valence-corrected chi connectivity index (χ0v) is 10.3. The number of nitrogens with zero attached hydrogens (tertiary/aromatic N) is 1. The number of hydrogen-bond donors (Lipinski definition) is 1. The van der Waals surface area contributed by atoms with Crippen molar-refractivity contribution in [2.75, 3.05) is 0 Å². The molecule has 84 valence electrons. The van der Waals surface area contributed by atoms with Gasteiger partial charge in [-0.2, -0.15) is 0 Å². The Morgan fingerprint density at radius 2 is 1.60 bits per heavy atom. The van der Waals surface area contributed by atoms with Crippen molar-refractivity contribution in [2.24, 2.45) is 0 Å². The zero-order valence-electron chi connectivity index (χ0n) is 10.3. The number of rotatable bonds is 1. The number of aromatic carboxylic acids is 1. The summed E-state index contributed by atoms with van der Waals surface area (Å²) in [6.45, 7) is 11.9.